The highest BCUT2D eigenvalue weighted by atomic mass is 32.2. The summed E-state index contributed by atoms with van der Waals surface area (Å²) < 4.78 is 30.0. The fraction of sp³-hybridized carbons (Fsp3) is 0.600. The average Bonchev–Trinajstić information content (AvgIpc) is 2.74. The quantitative estimate of drug-likeness (QED) is 0.348. The van der Waals surface area contributed by atoms with Gasteiger partial charge in [0.25, 0.3) is 5.56 Å². The van der Waals surface area contributed by atoms with Crippen molar-refractivity contribution in [1.29, 1.82) is 0 Å². The topological polar surface area (TPSA) is 138 Å². The summed E-state index contributed by atoms with van der Waals surface area (Å²) >= 11 is 0. The summed E-state index contributed by atoms with van der Waals surface area (Å²) in [7, 11) is -3.23. The zero-order valence-corrected chi connectivity index (χ0v) is 19.4. The van der Waals surface area contributed by atoms with E-state index >= 15 is 0 Å². The van der Waals surface area contributed by atoms with Gasteiger partial charge < -0.3 is 14.2 Å². The molecular formula is C20H29N5O6S. The summed E-state index contributed by atoms with van der Waals surface area (Å²) in [5.41, 5.74) is -0.533. The Morgan fingerprint density at radius 3 is 2.56 bits per heavy atom. The molecule has 1 aliphatic rings. The summed E-state index contributed by atoms with van der Waals surface area (Å²) in [6.07, 6.45) is 4.91. The number of H-pyrrole nitrogens is 1. The van der Waals surface area contributed by atoms with Crippen LogP contribution in [0.25, 0.3) is 11.1 Å². The van der Waals surface area contributed by atoms with Crippen molar-refractivity contribution in [3.8, 4) is 6.01 Å². The van der Waals surface area contributed by atoms with Crippen molar-refractivity contribution in [2.45, 2.75) is 46.0 Å². The van der Waals surface area contributed by atoms with E-state index < -0.39 is 21.2 Å². The molecule has 1 aliphatic heterocycles. The Bertz CT molecular complexity index is 1200. The summed E-state index contributed by atoms with van der Waals surface area (Å²) in [4.78, 5) is 38.6. The molecular weight excluding hydrogens is 438 g/mol. The van der Waals surface area contributed by atoms with E-state index in [0.717, 1.165) is 19.3 Å². The van der Waals surface area contributed by atoms with Crippen molar-refractivity contribution in [3.63, 3.8) is 0 Å². The van der Waals surface area contributed by atoms with Crippen LogP contribution in [-0.4, -0.2) is 65.9 Å². The fourth-order valence-corrected chi connectivity index (χ4v) is 4.42. The third kappa shape index (κ3) is 5.74. The molecule has 0 bridgehead atoms. The first kappa shape index (κ1) is 23.9. The maximum absolute atomic E-state index is 12.6. The van der Waals surface area contributed by atoms with Gasteiger partial charge in [0.15, 0.2) is 0 Å². The molecule has 1 N–H and O–H groups in total. The van der Waals surface area contributed by atoms with Crippen molar-refractivity contribution < 1.29 is 17.7 Å². The number of fused-ring (bicyclic) bond motifs is 1. The third-order valence-electron chi connectivity index (χ3n) is 5.26. The molecule has 0 unspecified atom stereocenters. The Kier molecular flexibility index (Phi) is 7.67. The number of rotatable bonds is 8. The maximum Gasteiger partial charge on any atom is 0.337 e. The van der Waals surface area contributed by atoms with Gasteiger partial charge in [-0.1, -0.05) is 25.4 Å². The minimum absolute atomic E-state index is 0.0867. The van der Waals surface area contributed by atoms with Gasteiger partial charge in [0.2, 0.25) is 15.7 Å². The van der Waals surface area contributed by atoms with Gasteiger partial charge in [0, 0.05) is 38.7 Å². The van der Waals surface area contributed by atoms with E-state index in [0.29, 0.717) is 50.4 Å². The van der Waals surface area contributed by atoms with E-state index in [1.165, 1.54) is 16.6 Å². The highest BCUT2D eigenvalue weighted by Crippen LogP contribution is 2.16. The molecule has 0 aromatic carbocycles. The standard InChI is InChI=1S/C20H29N5O6S/c1-4-6-8-14-13-16(26)30-19-17(14)18(27)21-20(22-19)31-23-15(7-5-2)24-9-11-25(12-10-24)32(3,28)29/h13H,4-12H2,1-3H3,(H,21,22,27)/b23-15+. The molecule has 0 spiro atoms. The number of piperazine rings is 1. The molecule has 1 saturated heterocycles. The molecule has 0 aliphatic carbocycles. The number of nitrogens with one attached hydrogen (secondary N) is 1. The maximum atomic E-state index is 12.6. The first-order valence-corrected chi connectivity index (χ1v) is 12.6. The molecule has 0 amide bonds. The van der Waals surface area contributed by atoms with E-state index in [1.807, 2.05) is 18.7 Å². The van der Waals surface area contributed by atoms with Crippen LogP contribution in [-0.2, 0) is 16.4 Å². The Morgan fingerprint density at radius 1 is 1.22 bits per heavy atom. The van der Waals surface area contributed by atoms with Crippen LogP contribution < -0.4 is 16.0 Å². The van der Waals surface area contributed by atoms with Gasteiger partial charge in [-0.3, -0.25) is 9.78 Å². The van der Waals surface area contributed by atoms with Crippen molar-refractivity contribution >= 4 is 27.0 Å². The van der Waals surface area contributed by atoms with Crippen LogP contribution in [0.3, 0.4) is 0 Å². The summed E-state index contributed by atoms with van der Waals surface area (Å²) in [5, 5.41) is 4.40. The molecule has 3 rings (SSSR count). The van der Waals surface area contributed by atoms with Gasteiger partial charge in [-0.25, -0.2) is 13.2 Å². The van der Waals surface area contributed by atoms with Crippen LogP contribution in [0, 0.1) is 0 Å². The zero-order valence-electron chi connectivity index (χ0n) is 18.6. The summed E-state index contributed by atoms with van der Waals surface area (Å²) in [6.45, 7) is 5.69. The molecule has 1 fully saturated rings. The molecule has 176 valence electrons. The number of hydrogen-bond donors (Lipinski definition) is 1. The van der Waals surface area contributed by atoms with E-state index in [2.05, 4.69) is 15.1 Å². The highest BCUT2D eigenvalue weighted by molar-refractivity contribution is 7.88. The second-order valence-corrected chi connectivity index (χ2v) is 9.73. The van der Waals surface area contributed by atoms with Gasteiger partial charge in [-0.05, 0) is 24.8 Å². The van der Waals surface area contributed by atoms with Gasteiger partial charge in [-0.15, -0.1) is 0 Å². The first-order chi connectivity index (χ1) is 15.2. The molecule has 12 heteroatoms. The largest absolute Gasteiger partial charge is 0.403 e. The molecule has 32 heavy (non-hydrogen) atoms. The van der Waals surface area contributed by atoms with Gasteiger partial charge in [0.05, 0.1) is 6.26 Å². The number of nitrogens with zero attached hydrogens (tertiary/aromatic N) is 4. The number of aromatic nitrogens is 2. The number of hydrogen-bond acceptors (Lipinski definition) is 8. The van der Waals surface area contributed by atoms with E-state index in [4.69, 9.17) is 9.25 Å². The Labute approximate surface area is 186 Å². The van der Waals surface area contributed by atoms with Crippen LogP contribution in [0.1, 0.15) is 45.1 Å². The van der Waals surface area contributed by atoms with Crippen molar-refractivity contribution in [2.24, 2.45) is 5.16 Å². The third-order valence-corrected chi connectivity index (χ3v) is 6.56. The van der Waals surface area contributed by atoms with Crippen LogP contribution in [0.2, 0.25) is 0 Å². The van der Waals surface area contributed by atoms with E-state index in [-0.39, 0.29) is 17.1 Å². The molecule has 3 heterocycles. The van der Waals surface area contributed by atoms with E-state index in [9.17, 15) is 18.0 Å². The number of oxime groups is 1. The lowest BCUT2D eigenvalue weighted by Crippen LogP contribution is -2.50. The molecule has 0 saturated carbocycles. The molecule has 11 nitrogen and oxygen atoms in total. The lowest BCUT2D eigenvalue weighted by atomic mass is 10.1. The van der Waals surface area contributed by atoms with Crippen molar-refractivity contribution in [1.82, 2.24) is 19.2 Å². The number of sulfonamides is 1. The second-order valence-electron chi connectivity index (χ2n) is 7.74. The van der Waals surface area contributed by atoms with Crippen LogP contribution in [0.15, 0.2) is 25.2 Å². The lowest BCUT2D eigenvalue weighted by molar-refractivity contribution is 0.246. The summed E-state index contributed by atoms with van der Waals surface area (Å²) in [6, 6.07) is 1.14. The van der Waals surface area contributed by atoms with Crippen LogP contribution in [0.5, 0.6) is 6.01 Å². The molecule has 0 atom stereocenters. The average molecular weight is 468 g/mol. The monoisotopic (exact) mass is 467 g/mol. The van der Waals surface area contributed by atoms with Gasteiger partial charge in [-0.2, -0.15) is 9.29 Å². The molecule has 0 radical (unpaired) electrons. The highest BCUT2D eigenvalue weighted by Gasteiger charge is 2.25. The van der Waals surface area contributed by atoms with Gasteiger partial charge in [0.1, 0.15) is 11.2 Å². The smallest absolute Gasteiger partial charge is 0.337 e. The number of unbranched alkanes of at least 4 members (excludes halogenated alkanes) is 1. The molecule has 2 aromatic heterocycles. The van der Waals surface area contributed by atoms with Crippen molar-refractivity contribution in [3.05, 3.63) is 32.4 Å². The SMILES string of the molecule is CCCCc1cc(=O)oc2nc(O/N=C(\CCC)N3CCN(S(C)(=O)=O)CC3)[nH]c(=O)c12. The Balaban J connectivity index is 1.84. The van der Waals surface area contributed by atoms with Crippen molar-refractivity contribution in [2.75, 3.05) is 32.4 Å². The second kappa shape index (κ2) is 10.3. The Hall–Kier alpha value is -2.73. The predicted molar refractivity (Wildman–Crippen MR) is 120 cm³/mol. The normalized spacial score (nSPS) is 16.0. The van der Waals surface area contributed by atoms with Crippen LogP contribution in [0.4, 0.5) is 0 Å². The number of amidine groups is 1. The minimum Gasteiger partial charge on any atom is -0.403 e. The lowest BCUT2D eigenvalue weighted by Gasteiger charge is -2.34. The first-order valence-electron chi connectivity index (χ1n) is 10.7. The van der Waals surface area contributed by atoms with E-state index in [1.54, 1.807) is 0 Å². The Morgan fingerprint density at radius 2 is 1.94 bits per heavy atom. The zero-order chi connectivity index (χ0) is 23.3. The predicted octanol–water partition coefficient (Wildman–Crippen LogP) is 1.29. The number of aryl methyl sites for hydroxylation is 1. The number of aromatic amines is 1. The fourth-order valence-electron chi connectivity index (χ4n) is 3.60. The minimum atomic E-state index is -3.23. The van der Waals surface area contributed by atoms with Crippen LogP contribution >= 0.6 is 0 Å². The molecule has 2 aromatic rings. The summed E-state index contributed by atoms with van der Waals surface area (Å²) in [5.74, 6) is 0.626. The van der Waals surface area contributed by atoms with Gasteiger partial charge >= 0.3 is 11.6 Å².